The summed E-state index contributed by atoms with van der Waals surface area (Å²) >= 11 is 0. The first-order chi connectivity index (χ1) is 9.15. The van der Waals surface area contributed by atoms with Gasteiger partial charge < -0.3 is 16.0 Å². The fourth-order valence-electron chi connectivity index (χ4n) is 2.06. The summed E-state index contributed by atoms with van der Waals surface area (Å²) in [7, 11) is 0. The normalized spacial score (nSPS) is 16.0. The first kappa shape index (κ1) is 13.3. The topological polar surface area (TPSA) is 88.3 Å². The molecule has 2 amide bonds. The van der Waals surface area contributed by atoms with Crippen molar-refractivity contribution in [3.63, 3.8) is 0 Å². The zero-order chi connectivity index (χ0) is 13.7. The molecule has 3 N–H and O–H groups in total. The van der Waals surface area contributed by atoms with E-state index in [1.165, 1.54) is 6.20 Å². The summed E-state index contributed by atoms with van der Waals surface area (Å²) < 4.78 is 0. The first-order valence-electron chi connectivity index (χ1n) is 6.44. The maximum atomic E-state index is 11.9. The molecule has 1 saturated heterocycles. The lowest BCUT2D eigenvalue weighted by Gasteiger charge is -2.19. The molecule has 6 heteroatoms. The number of amides is 2. The Bertz CT molecular complexity index is 458. The van der Waals surface area contributed by atoms with Crippen molar-refractivity contribution < 1.29 is 9.59 Å². The molecule has 6 nitrogen and oxygen atoms in total. The van der Waals surface area contributed by atoms with Crippen molar-refractivity contribution in [3.05, 3.63) is 18.3 Å². The molecule has 1 fully saturated rings. The van der Waals surface area contributed by atoms with Crippen LogP contribution in [-0.2, 0) is 9.59 Å². The SMILES string of the molecule is Nc1ccc(NC(=O)CN2CCCCCC2=O)cn1. The van der Waals surface area contributed by atoms with Gasteiger partial charge in [-0.25, -0.2) is 4.98 Å². The largest absolute Gasteiger partial charge is 0.384 e. The van der Waals surface area contributed by atoms with Crippen LogP contribution < -0.4 is 11.1 Å². The first-order valence-corrected chi connectivity index (χ1v) is 6.44. The molecular weight excluding hydrogens is 244 g/mol. The van der Waals surface area contributed by atoms with E-state index in [1.54, 1.807) is 17.0 Å². The van der Waals surface area contributed by atoms with Crippen molar-refractivity contribution in [1.82, 2.24) is 9.88 Å². The summed E-state index contributed by atoms with van der Waals surface area (Å²) in [6.45, 7) is 0.759. The zero-order valence-corrected chi connectivity index (χ0v) is 10.8. The third kappa shape index (κ3) is 3.94. The molecular formula is C13H18N4O2. The third-order valence-electron chi connectivity index (χ3n) is 3.08. The highest BCUT2D eigenvalue weighted by atomic mass is 16.2. The highest BCUT2D eigenvalue weighted by Gasteiger charge is 2.19. The van der Waals surface area contributed by atoms with Crippen molar-refractivity contribution in [2.24, 2.45) is 0 Å². The lowest BCUT2D eigenvalue weighted by molar-refractivity contribution is -0.134. The van der Waals surface area contributed by atoms with Gasteiger partial charge in [-0.15, -0.1) is 0 Å². The highest BCUT2D eigenvalue weighted by Crippen LogP contribution is 2.11. The molecule has 0 saturated carbocycles. The summed E-state index contributed by atoms with van der Waals surface area (Å²) in [6.07, 6.45) is 4.96. The summed E-state index contributed by atoms with van der Waals surface area (Å²) in [5.74, 6) is 0.255. The zero-order valence-electron chi connectivity index (χ0n) is 10.8. The van der Waals surface area contributed by atoms with E-state index in [-0.39, 0.29) is 18.4 Å². The van der Waals surface area contributed by atoms with E-state index < -0.39 is 0 Å². The molecule has 0 aromatic carbocycles. The second kappa shape index (κ2) is 6.17. The van der Waals surface area contributed by atoms with Gasteiger partial charge >= 0.3 is 0 Å². The van der Waals surface area contributed by atoms with Crippen LogP contribution in [-0.4, -0.2) is 34.8 Å². The maximum Gasteiger partial charge on any atom is 0.244 e. The number of hydrogen-bond donors (Lipinski definition) is 2. The fraction of sp³-hybridized carbons (Fsp3) is 0.462. The van der Waals surface area contributed by atoms with Crippen LogP contribution in [0.2, 0.25) is 0 Å². The number of nitrogen functional groups attached to an aromatic ring is 1. The average molecular weight is 262 g/mol. The molecule has 0 spiro atoms. The summed E-state index contributed by atoms with van der Waals surface area (Å²) in [5.41, 5.74) is 6.05. The Morgan fingerprint density at radius 2 is 2.21 bits per heavy atom. The van der Waals surface area contributed by atoms with Gasteiger partial charge in [0.1, 0.15) is 5.82 Å². The monoisotopic (exact) mass is 262 g/mol. The van der Waals surface area contributed by atoms with Crippen LogP contribution in [0.1, 0.15) is 25.7 Å². The van der Waals surface area contributed by atoms with Gasteiger partial charge in [-0.3, -0.25) is 9.59 Å². The van der Waals surface area contributed by atoms with Crippen molar-refractivity contribution in [3.8, 4) is 0 Å². The number of nitrogens with one attached hydrogen (secondary N) is 1. The minimum atomic E-state index is -0.207. The Balaban J connectivity index is 1.89. The second-order valence-electron chi connectivity index (χ2n) is 4.65. The second-order valence-corrected chi connectivity index (χ2v) is 4.65. The van der Waals surface area contributed by atoms with Gasteiger partial charge in [-0.05, 0) is 25.0 Å². The van der Waals surface area contributed by atoms with Crippen LogP contribution in [0, 0.1) is 0 Å². The number of anilines is 2. The number of hydrogen-bond acceptors (Lipinski definition) is 4. The number of carbonyl (C=O) groups excluding carboxylic acids is 2. The minimum absolute atomic E-state index is 0.0584. The van der Waals surface area contributed by atoms with E-state index in [9.17, 15) is 9.59 Å². The van der Waals surface area contributed by atoms with Crippen LogP contribution in [0.25, 0.3) is 0 Å². The van der Waals surface area contributed by atoms with Crippen molar-refractivity contribution >= 4 is 23.3 Å². The minimum Gasteiger partial charge on any atom is -0.384 e. The molecule has 0 bridgehead atoms. The number of likely N-dealkylation sites (tertiary alicyclic amines) is 1. The lowest BCUT2D eigenvalue weighted by Crippen LogP contribution is -2.37. The van der Waals surface area contributed by atoms with Crippen LogP contribution in [0.5, 0.6) is 0 Å². The molecule has 0 radical (unpaired) electrons. The van der Waals surface area contributed by atoms with Crippen molar-refractivity contribution in [2.75, 3.05) is 24.1 Å². The Kier molecular flexibility index (Phi) is 4.33. The van der Waals surface area contributed by atoms with E-state index in [1.807, 2.05) is 0 Å². The van der Waals surface area contributed by atoms with Gasteiger partial charge in [0.25, 0.3) is 0 Å². The van der Waals surface area contributed by atoms with E-state index >= 15 is 0 Å². The van der Waals surface area contributed by atoms with Gasteiger partial charge in [0.2, 0.25) is 11.8 Å². The molecule has 1 aliphatic heterocycles. The molecule has 0 atom stereocenters. The third-order valence-corrected chi connectivity index (χ3v) is 3.08. The smallest absolute Gasteiger partial charge is 0.244 e. The molecule has 102 valence electrons. The van der Waals surface area contributed by atoms with Crippen LogP contribution in [0.15, 0.2) is 18.3 Å². The predicted molar refractivity (Wildman–Crippen MR) is 72.3 cm³/mol. The quantitative estimate of drug-likeness (QED) is 0.850. The molecule has 2 rings (SSSR count). The number of nitrogens with zero attached hydrogens (tertiary/aromatic N) is 2. The number of rotatable bonds is 3. The van der Waals surface area contributed by atoms with Crippen LogP contribution in [0.4, 0.5) is 11.5 Å². The molecule has 0 aliphatic carbocycles. The highest BCUT2D eigenvalue weighted by molar-refractivity contribution is 5.94. The van der Waals surface area contributed by atoms with Gasteiger partial charge in [-0.1, -0.05) is 6.42 Å². The molecule has 19 heavy (non-hydrogen) atoms. The Hall–Kier alpha value is -2.11. The fourth-order valence-corrected chi connectivity index (χ4v) is 2.06. The van der Waals surface area contributed by atoms with Crippen molar-refractivity contribution in [2.45, 2.75) is 25.7 Å². The van der Waals surface area contributed by atoms with E-state index in [4.69, 9.17) is 5.73 Å². The summed E-state index contributed by atoms with van der Waals surface area (Å²) in [5, 5.41) is 2.71. The van der Waals surface area contributed by atoms with Crippen LogP contribution >= 0.6 is 0 Å². The van der Waals surface area contributed by atoms with Gasteiger partial charge in [0.15, 0.2) is 0 Å². The number of nitrogens with two attached hydrogens (primary N) is 1. The molecule has 1 aromatic rings. The summed E-state index contributed by atoms with van der Waals surface area (Å²) in [6, 6.07) is 3.30. The van der Waals surface area contributed by atoms with E-state index in [0.717, 1.165) is 19.3 Å². The van der Waals surface area contributed by atoms with Gasteiger partial charge in [0.05, 0.1) is 18.4 Å². The van der Waals surface area contributed by atoms with E-state index in [2.05, 4.69) is 10.3 Å². The molecule has 1 aromatic heterocycles. The maximum absolute atomic E-state index is 11.9. The van der Waals surface area contributed by atoms with Crippen molar-refractivity contribution in [1.29, 1.82) is 0 Å². The number of pyridine rings is 1. The molecule has 2 heterocycles. The number of aromatic nitrogens is 1. The van der Waals surface area contributed by atoms with Gasteiger partial charge in [0, 0.05) is 13.0 Å². The molecule has 0 unspecified atom stereocenters. The standard InChI is InChI=1S/C13H18N4O2/c14-11-6-5-10(8-15-11)16-12(18)9-17-7-3-1-2-4-13(17)19/h5-6,8H,1-4,7,9H2,(H2,14,15)(H,16,18). The van der Waals surface area contributed by atoms with Crippen LogP contribution in [0.3, 0.4) is 0 Å². The number of carbonyl (C=O) groups is 2. The van der Waals surface area contributed by atoms with E-state index in [0.29, 0.717) is 24.5 Å². The Morgan fingerprint density at radius 3 is 2.95 bits per heavy atom. The van der Waals surface area contributed by atoms with Gasteiger partial charge in [-0.2, -0.15) is 0 Å². The predicted octanol–water partition coefficient (Wildman–Crippen LogP) is 1.00. The molecule has 1 aliphatic rings. The Labute approximate surface area is 112 Å². The average Bonchev–Trinajstić information content (AvgIpc) is 2.58. The lowest BCUT2D eigenvalue weighted by atomic mass is 10.2. The summed E-state index contributed by atoms with van der Waals surface area (Å²) in [4.78, 5) is 29.1. The Morgan fingerprint density at radius 1 is 1.37 bits per heavy atom.